The van der Waals surface area contributed by atoms with Gasteiger partial charge in [-0.1, -0.05) is 0 Å². The van der Waals surface area contributed by atoms with Crippen LogP contribution in [0.25, 0.3) is 0 Å². The number of nitrogens with one attached hydrogen (secondary N) is 3. The average molecular weight is 568 g/mol. The number of hydrogen-bond acceptors (Lipinski definition) is 9. The first-order chi connectivity index (χ1) is 17.6. The average Bonchev–Trinajstić information content (AvgIpc) is 3.39. The maximum Gasteiger partial charge on any atom is 0.439 e. The van der Waals surface area contributed by atoms with E-state index in [2.05, 4.69) is 32.5 Å². The fraction of sp³-hybridized carbons (Fsp3) is 0.560. The lowest BCUT2D eigenvalue weighted by atomic mass is 10.1. The van der Waals surface area contributed by atoms with Crippen molar-refractivity contribution in [3.63, 3.8) is 0 Å². The molecule has 0 aromatic carbocycles. The molecule has 0 atom stereocenters. The molecule has 5 amide bonds. The van der Waals surface area contributed by atoms with Crippen molar-refractivity contribution in [2.24, 2.45) is 0 Å². The Hall–Kier alpha value is -3.19. The van der Waals surface area contributed by atoms with E-state index >= 15 is 0 Å². The largest absolute Gasteiger partial charge is 0.442 e. The molecule has 2 heterocycles. The van der Waals surface area contributed by atoms with E-state index in [1.165, 1.54) is 28.7 Å². The molecule has 0 saturated carbocycles. The fourth-order valence-electron chi connectivity index (χ4n) is 2.98. The number of carbonyl (C=O) groups is 4. The van der Waals surface area contributed by atoms with Crippen LogP contribution >= 0.6 is 22.7 Å². The highest BCUT2D eigenvalue weighted by Gasteiger charge is 2.32. The Morgan fingerprint density at radius 1 is 0.921 bits per heavy atom. The molecule has 13 heteroatoms. The molecule has 210 valence electrons. The minimum atomic E-state index is -1.04. The van der Waals surface area contributed by atoms with Crippen molar-refractivity contribution >= 4 is 51.9 Å². The lowest BCUT2D eigenvalue weighted by Crippen LogP contribution is -2.55. The number of rotatable bonds is 8. The molecule has 0 saturated heterocycles. The number of imide groups is 1. The van der Waals surface area contributed by atoms with Crippen LogP contribution in [0.5, 0.6) is 0 Å². The molecule has 0 bridgehead atoms. The number of urea groups is 1. The van der Waals surface area contributed by atoms with Crippen LogP contribution in [0.2, 0.25) is 0 Å². The molecular weight excluding hydrogens is 530 g/mol. The second kappa shape index (κ2) is 13.6. The van der Waals surface area contributed by atoms with Crippen LogP contribution in [0, 0.1) is 0 Å². The van der Waals surface area contributed by atoms with Crippen molar-refractivity contribution in [2.75, 3.05) is 11.9 Å². The maximum absolute atomic E-state index is 12.5. The van der Waals surface area contributed by atoms with Gasteiger partial charge in [-0.25, -0.2) is 24.8 Å². The molecule has 2 aromatic heterocycles. The Labute approximate surface area is 231 Å². The van der Waals surface area contributed by atoms with Gasteiger partial charge in [0.25, 0.3) is 0 Å². The normalized spacial score (nSPS) is 11.4. The molecule has 38 heavy (non-hydrogen) atoms. The van der Waals surface area contributed by atoms with E-state index in [0.29, 0.717) is 23.1 Å². The standard InChI is InChI=1S/C25H37N5O6S2/c1-16(31)27-21-28-18(15-38-21)11-10-17-13-19(37-14-17)9-8-12-26-20(32)29-30(22(33)35-24(2,3)4)23(34)36-25(5,6)7/h13-15H,8-12H2,1-7H3,(H2,26,29,32)(H,27,28,31). The van der Waals surface area contributed by atoms with Gasteiger partial charge in [-0.2, -0.15) is 0 Å². The Bertz CT molecular complexity index is 1090. The molecule has 0 aliphatic carbocycles. The summed E-state index contributed by atoms with van der Waals surface area (Å²) in [5.41, 5.74) is 2.62. The van der Waals surface area contributed by atoms with Gasteiger partial charge in [0.1, 0.15) is 11.2 Å². The van der Waals surface area contributed by atoms with E-state index in [1.807, 2.05) is 5.38 Å². The Morgan fingerprint density at radius 2 is 1.55 bits per heavy atom. The van der Waals surface area contributed by atoms with Crippen LogP contribution in [0.3, 0.4) is 0 Å². The molecule has 3 N–H and O–H groups in total. The zero-order valence-corrected chi connectivity index (χ0v) is 24.6. The molecule has 0 fully saturated rings. The van der Waals surface area contributed by atoms with Crippen molar-refractivity contribution < 1.29 is 28.7 Å². The summed E-state index contributed by atoms with van der Waals surface area (Å²) < 4.78 is 10.4. The van der Waals surface area contributed by atoms with Gasteiger partial charge >= 0.3 is 18.2 Å². The summed E-state index contributed by atoms with van der Waals surface area (Å²) in [5.74, 6) is -0.135. The zero-order valence-electron chi connectivity index (χ0n) is 22.9. The van der Waals surface area contributed by atoms with Gasteiger partial charge in [-0.15, -0.1) is 27.7 Å². The monoisotopic (exact) mass is 567 g/mol. The number of thiazole rings is 1. The number of hydrogen-bond donors (Lipinski definition) is 3. The van der Waals surface area contributed by atoms with Crippen LogP contribution in [-0.4, -0.2) is 51.9 Å². The Balaban J connectivity index is 1.79. The second-order valence-corrected chi connectivity index (χ2v) is 12.4. The zero-order chi connectivity index (χ0) is 28.5. The summed E-state index contributed by atoms with van der Waals surface area (Å²) in [4.78, 5) is 54.0. The van der Waals surface area contributed by atoms with Crippen molar-refractivity contribution in [1.82, 2.24) is 20.7 Å². The highest BCUT2D eigenvalue weighted by Crippen LogP contribution is 2.20. The van der Waals surface area contributed by atoms with Gasteiger partial charge in [0, 0.05) is 23.7 Å². The van der Waals surface area contributed by atoms with Crippen LogP contribution in [0.15, 0.2) is 16.8 Å². The van der Waals surface area contributed by atoms with E-state index in [-0.39, 0.29) is 5.91 Å². The Morgan fingerprint density at radius 3 is 2.13 bits per heavy atom. The fourth-order valence-corrected chi connectivity index (χ4v) is 4.74. The summed E-state index contributed by atoms with van der Waals surface area (Å²) in [7, 11) is 0. The van der Waals surface area contributed by atoms with E-state index in [9.17, 15) is 19.2 Å². The molecule has 2 rings (SSSR count). The number of nitrogens with zero attached hydrogens (tertiary/aromatic N) is 2. The first-order valence-electron chi connectivity index (χ1n) is 12.2. The van der Waals surface area contributed by atoms with E-state index < -0.39 is 29.4 Å². The van der Waals surface area contributed by atoms with Gasteiger partial charge in [-0.3, -0.25) is 4.79 Å². The third-order valence-electron chi connectivity index (χ3n) is 4.46. The van der Waals surface area contributed by atoms with Gasteiger partial charge in [0.2, 0.25) is 5.91 Å². The minimum absolute atomic E-state index is 0.135. The summed E-state index contributed by atoms with van der Waals surface area (Å²) in [6.07, 6.45) is 0.953. The molecule has 2 aromatic rings. The van der Waals surface area contributed by atoms with Crippen LogP contribution in [0.4, 0.5) is 19.5 Å². The lowest BCUT2D eigenvalue weighted by Gasteiger charge is -2.28. The number of aromatic nitrogens is 1. The predicted molar refractivity (Wildman–Crippen MR) is 147 cm³/mol. The summed E-state index contributed by atoms with van der Waals surface area (Å²) in [6, 6.07) is 1.41. The van der Waals surface area contributed by atoms with Crippen LogP contribution in [0.1, 0.15) is 71.0 Å². The number of anilines is 1. The third-order valence-corrected chi connectivity index (χ3v) is 6.32. The number of aryl methyl sites for hydroxylation is 3. The predicted octanol–water partition coefficient (Wildman–Crippen LogP) is 5.27. The number of hydrazine groups is 1. The highest BCUT2D eigenvalue weighted by molar-refractivity contribution is 7.14. The van der Waals surface area contributed by atoms with Gasteiger partial charge in [0.05, 0.1) is 5.69 Å². The number of amides is 5. The first kappa shape index (κ1) is 31.0. The molecule has 0 aliphatic heterocycles. The van der Waals surface area contributed by atoms with Gasteiger partial charge in [-0.05, 0) is 84.2 Å². The molecule has 0 radical (unpaired) electrons. The maximum atomic E-state index is 12.5. The van der Waals surface area contributed by atoms with Gasteiger partial charge < -0.3 is 20.1 Å². The smallest absolute Gasteiger partial charge is 0.439 e. The van der Waals surface area contributed by atoms with E-state index in [1.54, 1.807) is 52.9 Å². The minimum Gasteiger partial charge on any atom is -0.442 e. The molecule has 0 spiro atoms. The lowest BCUT2D eigenvalue weighted by molar-refractivity contribution is -0.114. The highest BCUT2D eigenvalue weighted by atomic mass is 32.1. The van der Waals surface area contributed by atoms with Crippen molar-refractivity contribution in [3.8, 4) is 0 Å². The van der Waals surface area contributed by atoms with Crippen LogP contribution in [-0.2, 0) is 33.5 Å². The van der Waals surface area contributed by atoms with Gasteiger partial charge in [0.15, 0.2) is 5.13 Å². The SMILES string of the molecule is CC(=O)Nc1nc(CCc2csc(CCCNC(=O)NN(C(=O)OC(C)(C)C)C(=O)OC(C)(C)C)c2)cs1. The molecular formula is C25H37N5O6S2. The second-order valence-electron chi connectivity index (χ2n) is 10.5. The van der Waals surface area contributed by atoms with Crippen molar-refractivity contribution in [2.45, 2.75) is 85.4 Å². The number of ether oxygens (including phenoxy) is 2. The summed E-state index contributed by atoms with van der Waals surface area (Å²) >= 11 is 3.06. The quantitative estimate of drug-likeness (QED) is 0.292. The van der Waals surface area contributed by atoms with E-state index in [0.717, 1.165) is 25.0 Å². The third kappa shape index (κ3) is 11.9. The van der Waals surface area contributed by atoms with Crippen LogP contribution < -0.4 is 16.1 Å². The Kier molecular flexibility index (Phi) is 11.1. The topological polar surface area (TPSA) is 139 Å². The molecule has 0 unspecified atom stereocenters. The summed E-state index contributed by atoms with van der Waals surface area (Å²) in [5, 5.41) is 10.4. The van der Waals surface area contributed by atoms with Crippen molar-refractivity contribution in [1.29, 1.82) is 0 Å². The van der Waals surface area contributed by atoms with Crippen molar-refractivity contribution in [3.05, 3.63) is 33.0 Å². The number of carbonyl (C=O) groups excluding carboxylic acids is 4. The van der Waals surface area contributed by atoms with E-state index in [4.69, 9.17) is 9.47 Å². The summed E-state index contributed by atoms with van der Waals surface area (Å²) in [6.45, 7) is 11.7. The first-order valence-corrected chi connectivity index (χ1v) is 14.0. The molecule has 11 nitrogen and oxygen atoms in total. The molecule has 0 aliphatic rings. The number of thiophene rings is 1.